The van der Waals surface area contributed by atoms with Crippen molar-refractivity contribution in [3.05, 3.63) is 95.6 Å². The number of thiophene rings is 2. The number of nitrogens with one attached hydrogen (secondary N) is 1. The van der Waals surface area contributed by atoms with Gasteiger partial charge < -0.3 is 50.3 Å². The Bertz CT molecular complexity index is 3580. The molecule has 2 saturated carbocycles. The Labute approximate surface area is 582 Å². The van der Waals surface area contributed by atoms with Crippen LogP contribution < -0.4 is 10.5 Å². The number of benzene rings is 1. The van der Waals surface area contributed by atoms with E-state index in [-0.39, 0.29) is 123 Å². The van der Waals surface area contributed by atoms with Crippen molar-refractivity contribution >= 4 is 80.7 Å². The molecule has 0 saturated heterocycles. The Morgan fingerprint density at radius 1 is 0.753 bits per heavy atom. The molecule has 544 valence electrons. The van der Waals surface area contributed by atoms with Gasteiger partial charge in [-0.3, -0.25) is 9.59 Å². The van der Waals surface area contributed by atoms with Crippen LogP contribution in [0, 0.1) is 23.7 Å². The number of hydrogen-bond acceptors (Lipinski definition) is 21. The summed E-state index contributed by atoms with van der Waals surface area (Å²) in [7, 11) is -16.2. The number of sulfonamides is 3. The number of aliphatic hydroxyl groups is 6. The van der Waals surface area contributed by atoms with Crippen LogP contribution in [0.1, 0.15) is 184 Å². The largest absolute Gasteiger partial charge is 0.465 e. The van der Waals surface area contributed by atoms with E-state index in [9.17, 15) is 73.9 Å². The molecule has 13 atom stereocenters. The Hall–Kier alpha value is -4.15. The van der Waals surface area contributed by atoms with Gasteiger partial charge in [-0.1, -0.05) is 93.0 Å². The molecule has 2 aliphatic heterocycles. The minimum atomic E-state index is -4.26. The summed E-state index contributed by atoms with van der Waals surface area (Å²) < 4.78 is 121. The van der Waals surface area contributed by atoms with Crippen molar-refractivity contribution in [2.45, 2.75) is 233 Å². The minimum absolute atomic E-state index is 0.0419. The Morgan fingerprint density at radius 2 is 1.40 bits per heavy atom. The zero-order chi connectivity index (χ0) is 70.5. The third-order valence-electron chi connectivity index (χ3n) is 19.0. The molecule has 0 bridgehead atoms. The van der Waals surface area contributed by atoms with E-state index in [0.717, 1.165) is 43.9 Å². The molecular formula is C68H103N5O18S6. The quantitative estimate of drug-likeness (QED) is 0.0115. The number of rotatable bonds is 41. The number of esters is 1. The van der Waals surface area contributed by atoms with Crippen LogP contribution in [0.4, 0.5) is 0 Å². The van der Waals surface area contributed by atoms with Gasteiger partial charge in [0.1, 0.15) is 16.8 Å². The number of primary sulfonamides is 1. The fourth-order valence-electron chi connectivity index (χ4n) is 13.6. The first-order valence-corrected chi connectivity index (χ1v) is 42.0. The third-order valence-corrected chi connectivity index (χ3v) is 29.6. The number of nitrogens with two attached hydrogens (primary N) is 1. The molecule has 29 heteroatoms. The molecule has 0 unspecified atom stereocenters. The number of allylic oxidation sites excluding steroid dienone is 4. The number of unbranched alkanes of at least 4 members (excludes halogenated alkanes) is 5. The normalized spacial score (nSPS) is 25.7. The number of carbonyl (C=O) groups excluding carboxylic acids is 2. The Balaban J connectivity index is 0.754. The number of sulfone groups is 1. The van der Waals surface area contributed by atoms with Gasteiger partial charge in [-0.2, -0.15) is 17.1 Å². The highest BCUT2D eigenvalue weighted by molar-refractivity contribution is 7.96. The number of likely N-dealkylation sites (N-methyl/N-ethyl adjacent to an activating group) is 1. The van der Waals surface area contributed by atoms with Crippen LogP contribution in [-0.4, -0.2) is 179 Å². The first kappa shape index (κ1) is 80.2. The number of aryl methyl sites for hydroxylation is 1. The average molecular weight is 1470 g/mol. The summed E-state index contributed by atoms with van der Waals surface area (Å²) in [6.45, 7) is 6.71. The number of hydrogen-bond donors (Lipinski definition) is 8. The molecule has 2 aromatic heterocycles. The van der Waals surface area contributed by atoms with Gasteiger partial charge in [0, 0.05) is 87.8 Å². The fraction of sp³-hybridized carbons (Fsp3) is 0.662. The standard InChI is InChI=1S/C68H103N5O18S6/c1-4-70-57-41-47(3)94(82,83)67-55(57)42-66(93-67)96(86,87)71-36-21-40-91-64(81)29-19-9-7-17-27-51-53(61(78)44-59(51)76)34-32-49(74)25-15-10-11-20-38-90-39-22-37-72-46-58(56-43-65(95(69,84)85)92-68(56)97(72,88)89)73(5-2)63(80)28-18-8-6-16-26-52-54(62(79)45-60(52)77)35-33-50(75)31-30-48-23-13-12-14-24-48/h6-7,12-14,16-17,23-24,32,34,36,42-43,47,49-54,57-62,70,74-79H,4-5,8-11,15,18-22,25-31,33,35,37-41,44-46H2,1-3H3,(H2,69,84,85)/b16-6-,17-7-,34-32+,71-36?/t47-,49-,50-,51+,52+,53+,54+,57-,58-,59-,60-,61+,62+/m0/s1. The topological polar surface area (TPSA) is 367 Å². The number of carbonyl (C=O) groups is 2. The molecule has 23 nitrogen and oxygen atoms in total. The van der Waals surface area contributed by atoms with Crippen molar-refractivity contribution in [1.29, 1.82) is 0 Å². The van der Waals surface area contributed by atoms with E-state index < -0.39 is 93.8 Å². The van der Waals surface area contributed by atoms with Gasteiger partial charge in [-0.05, 0) is 152 Å². The maximum atomic E-state index is 14.0. The highest BCUT2D eigenvalue weighted by atomic mass is 32.3. The molecule has 1 amide bonds. The van der Waals surface area contributed by atoms with E-state index in [1.807, 2.05) is 61.6 Å². The van der Waals surface area contributed by atoms with E-state index in [1.165, 1.54) is 16.4 Å². The van der Waals surface area contributed by atoms with Gasteiger partial charge >= 0.3 is 5.97 Å². The summed E-state index contributed by atoms with van der Waals surface area (Å²) in [5, 5.41) is 72.8. The molecule has 2 aliphatic carbocycles. The zero-order valence-electron chi connectivity index (χ0n) is 56.0. The highest BCUT2D eigenvalue weighted by Crippen LogP contribution is 2.45. The van der Waals surface area contributed by atoms with Crippen LogP contribution in [-0.2, 0) is 65.4 Å². The molecule has 0 spiro atoms. The fourth-order valence-corrected chi connectivity index (χ4v) is 22.8. The van der Waals surface area contributed by atoms with Crippen molar-refractivity contribution in [3.63, 3.8) is 0 Å². The molecule has 7 rings (SSSR count). The summed E-state index contributed by atoms with van der Waals surface area (Å²) >= 11 is 1.28. The molecular weight excluding hydrogens is 1370 g/mol. The molecule has 4 heterocycles. The number of ether oxygens (including phenoxy) is 2. The lowest BCUT2D eigenvalue weighted by Crippen LogP contribution is -2.47. The second-order valence-electron chi connectivity index (χ2n) is 26.1. The van der Waals surface area contributed by atoms with Crippen molar-refractivity contribution < 1.29 is 83.4 Å². The van der Waals surface area contributed by atoms with Crippen LogP contribution in [0.3, 0.4) is 0 Å². The Kier molecular flexibility index (Phi) is 31.6. The van der Waals surface area contributed by atoms with Gasteiger partial charge in [0.2, 0.25) is 15.9 Å². The van der Waals surface area contributed by atoms with E-state index in [1.54, 1.807) is 30.9 Å². The Morgan fingerprint density at radius 3 is 2.11 bits per heavy atom. The number of nitrogens with zero attached hydrogens (tertiary/aromatic N) is 3. The van der Waals surface area contributed by atoms with E-state index in [0.29, 0.717) is 118 Å². The highest BCUT2D eigenvalue weighted by Gasteiger charge is 2.45. The number of amides is 1. The average Bonchev–Trinajstić information content (AvgIpc) is 1.64. The second kappa shape index (κ2) is 38.2. The SMILES string of the molecule is CCN[C@H]1C[C@H](C)S(=O)(=O)c2sc(S(=O)(=O)N=CCCOC(=O)CCC/C=C\C[C@@H]3[C@@H](/C=C/[C@@H](O)CCCCCCOCCCN4C[C@H](N(CC)C(=O)CCC/C=C\C[C@@H]5[C@@H](CC[C@@H](O)CCc6ccccc6)[C@H](O)C[C@@H]5O)c5cc(S(N)(=O)=O)sc5S4(=O)=O)[C@H](O)C[C@@H]3O)cc21. The second-order valence-corrected chi connectivity index (χ2v) is 36.5. The summed E-state index contributed by atoms with van der Waals surface area (Å²) in [5.74, 6) is -1.62. The maximum Gasteiger partial charge on any atom is 0.305 e. The number of aliphatic hydroxyl groups excluding tert-OH is 6. The third kappa shape index (κ3) is 22.9. The monoisotopic (exact) mass is 1470 g/mol. The molecule has 1 aromatic carbocycles. The molecule has 3 aromatic rings. The molecule has 97 heavy (non-hydrogen) atoms. The van der Waals surface area contributed by atoms with E-state index in [4.69, 9.17) is 14.6 Å². The van der Waals surface area contributed by atoms with Gasteiger partial charge in [0.25, 0.3) is 20.0 Å². The van der Waals surface area contributed by atoms with Gasteiger partial charge in [0.15, 0.2) is 9.84 Å². The van der Waals surface area contributed by atoms with E-state index >= 15 is 0 Å². The van der Waals surface area contributed by atoms with Crippen LogP contribution in [0.15, 0.2) is 100 Å². The van der Waals surface area contributed by atoms with Gasteiger partial charge in [0.05, 0.1) is 54.5 Å². The van der Waals surface area contributed by atoms with Crippen LogP contribution >= 0.6 is 22.7 Å². The maximum absolute atomic E-state index is 14.0. The van der Waals surface area contributed by atoms with Gasteiger partial charge in [-0.25, -0.2) is 30.4 Å². The molecule has 0 radical (unpaired) electrons. The summed E-state index contributed by atoms with van der Waals surface area (Å²) in [6, 6.07) is 11.6. The van der Waals surface area contributed by atoms with Crippen molar-refractivity contribution in [3.8, 4) is 0 Å². The first-order valence-electron chi connectivity index (χ1n) is 34.4. The first-order chi connectivity index (χ1) is 46.2. The predicted octanol–water partition coefficient (Wildman–Crippen LogP) is 7.96. The summed E-state index contributed by atoms with van der Waals surface area (Å²) in [4.78, 5) is 27.9. The molecule has 4 aliphatic rings. The van der Waals surface area contributed by atoms with Crippen LogP contribution in [0.2, 0.25) is 0 Å². The lowest BCUT2D eigenvalue weighted by Gasteiger charge is -2.38. The lowest BCUT2D eigenvalue weighted by atomic mass is 9.85. The van der Waals surface area contributed by atoms with Gasteiger partial charge in [-0.15, -0.1) is 22.7 Å². The van der Waals surface area contributed by atoms with Crippen LogP contribution in [0.5, 0.6) is 0 Å². The van der Waals surface area contributed by atoms with Crippen molar-refractivity contribution in [2.75, 3.05) is 46.0 Å². The molecule has 9 N–H and O–H groups in total. The van der Waals surface area contributed by atoms with Crippen molar-refractivity contribution in [2.24, 2.45) is 33.2 Å². The lowest BCUT2D eigenvalue weighted by molar-refractivity contribution is -0.143. The van der Waals surface area contributed by atoms with E-state index in [2.05, 4.69) is 9.71 Å². The van der Waals surface area contributed by atoms with Crippen LogP contribution in [0.25, 0.3) is 0 Å². The smallest absolute Gasteiger partial charge is 0.305 e. The number of fused-ring (bicyclic) bond motifs is 2. The zero-order valence-corrected chi connectivity index (χ0v) is 60.9. The minimum Gasteiger partial charge on any atom is -0.465 e. The summed E-state index contributed by atoms with van der Waals surface area (Å²) in [5.41, 5.74) is 1.81. The summed E-state index contributed by atoms with van der Waals surface area (Å²) in [6.07, 6.45) is 19.0. The van der Waals surface area contributed by atoms with Crippen molar-refractivity contribution in [1.82, 2.24) is 14.5 Å². The predicted molar refractivity (Wildman–Crippen MR) is 374 cm³/mol. The molecule has 2 fully saturated rings.